The number of nitrogens with zero attached hydrogens (tertiary/aromatic N) is 2. The van der Waals surface area contributed by atoms with Crippen LogP contribution in [0.1, 0.15) is 18.4 Å². The number of hydrogen-bond acceptors (Lipinski definition) is 4. The zero-order valence-electron chi connectivity index (χ0n) is 9.88. The van der Waals surface area contributed by atoms with Crippen molar-refractivity contribution in [2.24, 2.45) is 0 Å². The second kappa shape index (κ2) is 5.65. The van der Waals surface area contributed by atoms with Gasteiger partial charge in [-0.1, -0.05) is 17.7 Å². The van der Waals surface area contributed by atoms with Crippen LogP contribution in [0.3, 0.4) is 0 Å². The van der Waals surface area contributed by atoms with E-state index in [0.717, 1.165) is 19.4 Å². The summed E-state index contributed by atoms with van der Waals surface area (Å²) in [7, 11) is 0. The molecule has 1 aromatic rings. The van der Waals surface area contributed by atoms with Gasteiger partial charge in [0.15, 0.2) is 0 Å². The molecule has 1 aliphatic heterocycles. The van der Waals surface area contributed by atoms with Crippen molar-refractivity contribution in [2.75, 3.05) is 13.2 Å². The molecule has 0 spiro atoms. The number of hydrogen-bond donors (Lipinski definition) is 1. The second-order valence-electron chi connectivity index (χ2n) is 4.44. The van der Waals surface area contributed by atoms with Crippen molar-refractivity contribution < 1.29 is 10.0 Å². The molecule has 1 aliphatic rings. The highest BCUT2D eigenvalue weighted by Crippen LogP contribution is 2.30. The molecule has 0 saturated carbocycles. The molecule has 1 fully saturated rings. The minimum atomic E-state index is -0.411. The summed E-state index contributed by atoms with van der Waals surface area (Å²) in [5.74, 6) is 0. The van der Waals surface area contributed by atoms with Crippen LogP contribution in [0.2, 0.25) is 5.02 Å². The van der Waals surface area contributed by atoms with E-state index in [2.05, 4.69) is 0 Å². The van der Waals surface area contributed by atoms with E-state index in [-0.39, 0.29) is 18.3 Å². The van der Waals surface area contributed by atoms with Crippen LogP contribution >= 0.6 is 11.6 Å². The van der Waals surface area contributed by atoms with E-state index in [1.165, 1.54) is 6.07 Å². The third-order valence-electron chi connectivity index (χ3n) is 3.36. The van der Waals surface area contributed by atoms with Gasteiger partial charge >= 0.3 is 0 Å². The highest BCUT2D eigenvalue weighted by molar-refractivity contribution is 6.31. The van der Waals surface area contributed by atoms with Crippen LogP contribution in [0.15, 0.2) is 18.2 Å². The predicted octanol–water partition coefficient (Wildman–Crippen LogP) is 2.20. The zero-order chi connectivity index (χ0) is 13.1. The SMILES string of the molecule is O=[N+]([O-])c1cccc(Cl)c1CN1CCC[C@@H]1CO. The number of nitro benzene ring substituents is 1. The number of halogens is 1. The summed E-state index contributed by atoms with van der Waals surface area (Å²) >= 11 is 6.05. The first kappa shape index (κ1) is 13.3. The molecule has 0 aromatic heterocycles. The van der Waals surface area contributed by atoms with Crippen molar-refractivity contribution in [3.63, 3.8) is 0 Å². The molecule has 18 heavy (non-hydrogen) atoms. The average molecular weight is 271 g/mol. The first-order chi connectivity index (χ1) is 8.63. The summed E-state index contributed by atoms with van der Waals surface area (Å²) in [6, 6.07) is 4.79. The largest absolute Gasteiger partial charge is 0.395 e. The molecular formula is C12H15ClN2O3. The topological polar surface area (TPSA) is 66.6 Å². The Morgan fingerprint density at radius 2 is 2.33 bits per heavy atom. The van der Waals surface area contributed by atoms with E-state index < -0.39 is 4.92 Å². The highest BCUT2D eigenvalue weighted by Gasteiger charge is 2.27. The molecule has 0 bridgehead atoms. The maximum absolute atomic E-state index is 11.0. The molecule has 5 nitrogen and oxygen atoms in total. The number of nitro groups is 1. The third kappa shape index (κ3) is 2.63. The van der Waals surface area contributed by atoms with Gasteiger partial charge in [-0.15, -0.1) is 0 Å². The number of aliphatic hydroxyl groups is 1. The first-order valence-corrected chi connectivity index (χ1v) is 6.28. The summed E-state index contributed by atoms with van der Waals surface area (Å²) in [5, 5.41) is 20.6. The minimum Gasteiger partial charge on any atom is -0.395 e. The van der Waals surface area contributed by atoms with Gasteiger partial charge in [0.2, 0.25) is 0 Å². The molecule has 98 valence electrons. The molecule has 0 radical (unpaired) electrons. The fourth-order valence-corrected chi connectivity index (χ4v) is 2.62. The van der Waals surface area contributed by atoms with E-state index in [1.54, 1.807) is 12.1 Å². The van der Waals surface area contributed by atoms with Gasteiger partial charge in [0, 0.05) is 18.7 Å². The van der Waals surface area contributed by atoms with Crippen LogP contribution in [-0.2, 0) is 6.54 Å². The lowest BCUT2D eigenvalue weighted by Gasteiger charge is -2.22. The Morgan fingerprint density at radius 3 is 3.00 bits per heavy atom. The molecule has 1 N–H and O–H groups in total. The number of aliphatic hydroxyl groups excluding tert-OH is 1. The van der Waals surface area contributed by atoms with Crippen LogP contribution < -0.4 is 0 Å². The minimum absolute atomic E-state index is 0.0473. The molecular weight excluding hydrogens is 256 g/mol. The first-order valence-electron chi connectivity index (χ1n) is 5.90. The quantitative estimate of drug-likeness (QED) is 0.673. The van der Waals surface area contributed by atoms with Crippen LogP contribution in [0.5, 0.6) is 0 Å². The van der Waals surface area contributed by atoms with Crippen molar-refractivity contribution in [1.82, 2.24) is 4.90 Å². The van der Waals surface area contributed by atoms with E-state index in [0.29, 0.717) is 17.1 Å². The van der Waals surface area contributed by atoms with E-state index >= 15 is 0 Å². The third-order valence-corrected chi connectivity index (χ3v) is 3.72. The van der Waals surface area contributed by atoms with Gasteiger partial charge in [0.1, 0.15) is 0 Å². The smallest absolute Gasteiger partial charge is 0.275 e. The molecule has 0 unspecified atom stereocenters. The lowest BCUT2D eigenvalue weighted by molar-refractivity contribution is -0.385. The summed E-state index contributed by atoms with van der Waals surface area (Å²) in [6.45, 7) is 1.34. The van der Waals surface area contributed by atoms with Crippen molar-refractivity contribution in [2.45, 2.75) is 25.4 Å². The van der Waals surface area contributed by atoms with Gasteiger partial charge < -0.3 is 5.11 Å². The van der Waals surface area contributed by atoms with E-state index in [1.807, 2.05) is 4.90 Å². The van der Waals surface area contributed by atoms with E-state index in [9.17, 15) is 15.2 Å². The number of rotatable bonds is 4. The Kier molecular flexibility index (Phi) is 4.16. The predicted molar refractivity (Wildman–Crippen MR) is 68.6 cm³/mol. The van der Waals surface area contributed by atoms with Crippen LogP contribution in [0.25, 0.3) is 0 Å². The lowest BCUT2D eigenvalue weighted by Crippen LogP contribution is -2.31. The van der Waals surface area contributed by atoms with Crippen LogP contribution in [-0.4, -0.2) is 34.1 Å². The summed E-state index contributed by atoms with van der Waals surface area (Å²) in [5.41, 5.74) is 0.579. The Morgan fingerprint density at radius 1 is 1.56 bits per heavy atom. The molecule has 0 amide bonds. The van der Waals surface area contributed by atoms with Gasteiger partial charge in [-0.3, -0.25) is 15.0 Å². The maximum Gasteiger partial charge on any atom is 0.275 e. The summed E-state index contributed by atoms with van der Waals surface area (Å²) in [4.78, 5) is 12.6. The Balaban J connectivity index is 2.25. The van der Waals surface area contributed by atoms with Crippen molar-refractivity contribution in [3.8, 4) is 0 Å². The molecule has 6 heteroatoms. The molecule has 1 saturated heterocycles. The second-order valence-corrected chi connectivity index (χ2v) is 4.85. The van der Waals surface area contributed by atoms with Gasteiger partial charge in [-0.25, -0.2) is 0 Å². The number of likely N-dealkylation sites (tertiary alicyclic amines) is 1. The summed E-state index contributed by atoms with van der Waals surface area (Å²) < 4.78 is 0. The number of benzene rings is 1. The van der Waals surface area contributed by atoms with Crippen molar-refractivity contribution in [3.05, 3.63) is 38.9 Å². The Hall–Kier alpha value is -1.17. The molecule has 1 aromatic carbocycles. The normalized spacial score (nSPS) is 20.2. The van der Waals surface area contributed by atoms with Gasteiger partial charge in [0.25, 0.3) is 5.69 Å². The van der Waals surface area contributed by atoms with Crippen molar-refractivity contribution >= 4 is 17.3 Å². The highest BCUT2D eigenvalue weighted by atomic mass is 35.5. The molecule has 2 rings (SSSR count). The van der Waals surface area contributed by atoms with Gasteiger partial charge in [-0.05, 0) is 25.5 Å². The van der Waals surface area contributed by atoms with Gasteiger partial charge in [0.05, 0.1) is 22.1 Å². The Labute approximate surface area is 110 Å². The monoisotopic (exact) mass is 270 g/mol. The van der Waals surface area contributed by atoms with Crippen molar-refractivity contribution in [1.29, 1.82) is 0 Å². The van der Waals surface area contributed by atoms with Gasteiger partial charge in [-0.2, -0.15) is 0 Å². The fourth-order valence-electron chi connectivity index (χ4n) is 2.39. The standard InChI is InChI=1S/C12H15ClN2O3/c13-11-4-1-5-12(15(17)18)10(11)7-14-6-2-3-9(14)8-16/h1,4-5,9,16H,2-3,6-8H2/t9-/m1/s1. The maximum atomic E-state index is 11.0. The fraction of sp³-hybridized carbons (Fsp3) is 0.500. The average Bonchev–Trinajstić information content (AvgIpc) is 2.78. The van der Waals surface area contributed by atoms with Crippen LogP contribution in [0, 0.1) is 10.1 Å². The molecule has 1 heterocycles. The molecule has 0 aliphatic carbocycles. The summed E-state index contributed by atoms with van der Waals surface area (Å²) in [6.07, 6.45) is 1.93. The zero-order valence-corrected chi connectivity index (χ0v) is 10.6. The molecule has 1 atom stereocenters. The van der Waals surface area contributed by atoms with Crippen LogP contribution in [0.4, 0.5) is 5.69 Å². The van der Waals surface area contributed by atoms with E-state index in [4.69, 9.17) is 11.6 Å². The Bertz CT molecular complexity index is 453. The lowest BCUT2D eigenvalue weighted by atomic mass is 10.1.